The molecule has 1 atom stereocenters. The number of carbonyl (C=O) groups is 2. The summed E-state index contributed by atoms with van der Waals surface area (Å²) in [5, 5.41) is 3.11. The van der Waals surface area contributed by atoms with E-state index in [1.165, 1.54) is 12.1 Å². The number of hydrogen-bond acceptors (Lipinski definition) is 3. The first-order valence-corrected chi connectivity index (χ1v) is 11.6. The molecule has 1 heterocycles. The number of halogens is 3. The van der Waals surface area contributed by atoms with E-state index >= 15 is 0 Å². The fraction of sp³-hybridized carbons (Fsp3) is 0.667. The van der Waals surface area contributed by atoms with E-state index in [-0.39, 0.29) is 23.4 Å². The third kappa shape index (κ3) is 6.24. The Morgan fingerprint density at radius 1 is 1.03 bits per heavy atom. The fourth-order valence-corrected chi connectivity index (χ4v) is 4.73. The van der Waals surface area contributed by atoms with Gasteiger partial charge in [0.25, 0.3) is 5.91 Å². The van der Waals surface area contributed by atoms with Gasteiger partial charge in [-0.3, -0.25) is 14.5 Å². The summed E-state index contributed by atoms with van der Waals surface area (Å²) in [6.45, 7) is 7.04. The number of alkyl halides is 3. The molecule has 32 heavy (non-hydrogen) atoms. The zero-order chi connectivity index (χ0) is 23.3. The summed E-state index contributed by atoms with van der Waals surface area (Å²) in [5.41, 5.74) is -0.507. The zero-order valence-electron chi connectivity index (χ0n) is 19.0. The number of carbonyl (C=O) groups excluding carboxylic acids is 2. The predicted molar refractivity (Wildman–Crippen MR) is 117 cm³/mol. The maximum Gasteiger partial charge on any atom is 0.416 e. The lowest BCUT2D eigenvalue weighted by Gasteiger charge is -2.40. The summed E-state index contributed by atoms with van der Waals surface area (Å²) in [4.78, 5) is 29.7. The zero-order valence-corrected chi connectivity index (χ0v) is 19.0. The van der Waals surface area contributed by atoms with Crippen molar-refractivity contribution in [3.63, 3.8) is 0 Å². The van der Waals surface area contributed by atoms with E-state index in [1.54, 1.807) is 4.90 Å². The van der Waals surface area contributed by atoms with Crippen LogP contribution in [0.1, 0.15) is 61.9 Å². The van der Waals surface area contributed by atoms with Gasteiger partial charge >= 0.3 is 6.18 Å². The number of benzene rings is 1. The van der Waals surface area contributed by atoms with Gasteiger partial charge < -0.3 is 10.2 Å². The van der Waals surface area contributed by atoms with Gasteiger partial charge in [0, 0.05) is 38.3 Å². The standard InChI is InChI=1S/C24H34F3N3O2/c1-17(2)11-12-28-22(31)21(18-5-3-4-6-18)29-13-15-30(16-14-29)23(32)19-7-9-20(10-8-19)24(25,26)27/h7-10,17-18,21H,3-6,11-16H2,1-2H3,(H,28,31). The van der Waals surface area contributed by atoms with E-state index in [2.05, 4.69) is 24.1 Å². The Balaban J connectivity index is 1.60. The fourth-order valence-electron chi connectivity index (χ4n) is 4.73. The quantitative estimate of drug-likeness (QED) is 0.674. The van der Waals surface area contributed by atoms with Crippen LogP contribution in [0.25, 0.3) is 0 Å². The number of nitrogens with zero attached hydrogens (tertiary/aromatic N) is 2. The summed E-state index contributed by atoms with van der Waals surface area (Å²) in [6, 6.07) is 4.19. The largest absolute Gasteiger partial charge is 0.416 e. The van der Waals surface area contributed by atoms with Crippen LogP contribution >= 0.6 is 0 Å². The van der Waals surface area contributed by atoms with Crippen LogP contribution in [0.5, 0.6) is 0 Å². The second-order valence-corrected chi connectivity index (χ2v) is 9.37. The van der Waals surface area contributed by atoms with Crippen LogP contribution < -0.4 is 5.32 Å². The molecule has 8 heteroatoms. The number of nitrogens with one attached hydrogen (secondary N) is 1. The van der Waals surface area contributed by atoms with Gasteiger partial charge in [0.1, 0.15) is 0 Å². The molecule has 1 aliphatic heterocycles. The van der Waals surface area contributed by atoms with Crippen LogP contribution in [0.2, 0.25) is 0 Å². The molecule has 1 unspecified atom stereocenters. The van der Waals surface area contributed by atoms with Gasteiger partial charge in [-0.1, -0.05) is 26.7 Å². The Morgan fingerprint density at radius 3 is 2.16 bits per heavy atom. The minimum atomic E-state index is -4.42. The molecule has 0 aromatic heterocycles. The van der Waals surface area contributed by atoms with Gasteiger partial charge in [0.2, 0.25) is 5.91 Å². The minimum absolute atomic E-state index is 0.0834. The average molecular weight is 454 g/mol. The molecule has 2 aliphatic rings. The lowest BCUT2D eigenvalue weighted by atomic mass is 9.94. The van der Waals surface area contributed by atoms with Crippen LogP contribution in [0, 0.1) is 11.8 Å². The molecule has 0 radical (unpaired) electrons. The van der Waals surface area contributed by atoms with Crippen molar-refractivity contribution in [1.29, 1.82) is 0 Å². The molecule has 0 bridgehead atoms. The Hall–Kier alpha value is -2.09. The van der Waals surface area contributed by atoms with E-state index < -0.39 is 11.7 Å². The maximum absolute atomic E-state index is 13.0. The Kier molecular flexibility index (Phi) is 8.20. The first-order chi connectivity index (χ1) is 15.2. The maximum atomic E-state index is 13.0. The highest BCUT2D eigenvalue weighted by Gasteiger charge is 2.37. The van der Waals surface area contributed by atoms with Crippen LogP contribution in [-0.4, -0.2) is 60.4 Å². The first kappa shape index (κ1) is 24.6. The highest BCUT2D eigenvalue weighted by molar-refractivity contribution is 5.94. The Bertz CT molecular complexity index is 766. The first-order valence-electron chi connectivity index (χ1n) is 11.6. The molecular formula is C24H34F3N3O2. The summed E-state index contributed by atoms with van der Waals surface area (Å²) >= 11 is 0. The van der Waals surface area contributed by atoms with Gasteiger partial charge in [0.05, 0.1) is 11.6 Å². The van der Waals surface area contributed by atoms with E-state index in [4.69, 9.17) is 0 Å². The second kappa shape index (κ2) is 10.7. The Morgan fingerprint density at radius 2 is 1.62 bits per heavy atom. The summed E-state index contributed by atoms with van der Waals surface area (Å²) < 4.78 is 38.3. The monoisotopic (exact) mass is 453 g/mol. The van der Waals surface area contributed by atoms with Gasteiger partial charge in [-0.25, -0.2) is 0 Å². The van der Waals surface area contributed by atoms with Crippen LogP contribution in [0.15, 0.2) is 24.3 Å². The summed E-state index contributed by atoms with van der Waals surface area (Å²) in [6.07, 6.45) is 0.913. The number of piperazine rings is 1. The van der Waals surface area contributed by atoms with Crippen molar-refractivity contribution < 1.29 is 22.8 Å². The lowest BCUT2D eigenvalue weighted by molar-refractivity contribution is -0.137. The summed E-state index contributed by atoms with van der Waals surface area (Å²) in [7, 11) is 0. The molecule has 2 fully saturated rings. The van der Waals surface area contributed by atoms with Crippen molar-refractivity contribution >= 4 is 11.8 Å². The molecule has 1 aromatic carbocycles. The number of amides is 2. The predicted octanol–water partition coefficient (Wildman–Crippen LogP) is 4.18. The van der Waals surface area contributed by atoms with Crippen molar-refractivity contribution in [2.24, 2.45) is 11.8 Å². The summed E-state index contributed by atoms with van der Waals surface area (Å²) in [5.74, 6) is 0.684. The van der Waals surface area contributed by atoms with E-state index in [1.807, 2.05) is 0 Å². The third-order valence-corrected chi connectivity index (χ3v) is 6.59. The van der Waals surface area contributed by atoms with E-state index in [0.29, 0.717) is 44.6 Å². The molecule has 1 N–H and O–H groups in total. The highest BCUT2D eigenvalue weighted by atomic mass is 19.4. The molecule has 1 aromatic rings. The molecule has 3 rings (SSSR count). The molecular weight excluding hydrogens is 419 g/mol. The normalized spacial score (nSPS) is 19.4. The van der Waals surface area contributed by atoms with Crippen molar-refractivity contribution in [2.75, 3.05) is 32.7 Å². The average Bonchev–Trinajstić information content (AvgIpc) is 3.27. The van der Waals surface area contributed by atoms with Gasteiger partial charge in [0.15, 0.2) is 0 Å². The van der Waals surface area contributed by atoms with Gasteiger partial charge in [-0.05, 0) is 55.4 Å². The van der Waals surface area contributed by atoms with Crippen molar-refractivity contribution in [3.05, 3.63) is 35.4 Å². The van der Waals surface area contributed by atoms with Crippen molar-refractivity contribution in [3.8, 4) is 0 Å². The van der Waals surface area contributed by atoms with Crippen molar-refractivity contribution in [2.45, 2.75) is 58.2 Å². The number of rotatable bonds is 7. The number of hydrogen-bond donors (Lipinski definition) is 1. The Labute approximate surface area is 188 Å². The van der Waals surface area contributed by atoms with Crippen LogP contribution in [-0.2, 0) is 11.0 Å². The van der Waals surface area contributed by atoms with Gasteiger partial charge in [-0.15, -0.1) is 0 Å². The topological polar surface area (TPSA) is 52.7 Å². The second-order valence-electron chi connectivity index (χ2n) is 9.37. The molecule has 1 saturated heterocycles. The lowest BCUT2D eigenvalue weighted by Crippen LogP contribution is -2.58. The molecule has 1 saturated carbocycles. The molecule has 1 aliphatic carbocycles. The van der Waals surface area contributed by atoms with Crippen molar-refractivity contribution in [1.82, 2.24) is 15.1 Å². The van der Waals surface area contributed by atoms with Gasteiger partial charge in [-0.2, -0.15) is 13.2 Å². The van der Waals surface area contributed by atoms with E-state index in [9.17, 15) is 22.8 Å². The SMILES string of the molecule is CC(C)CCNC(=O)C(C1CCCC1)N1CCN(C(=O)c2ccc(C(F)(F)F)cc2)CC1. The van der Waals surface area contributed by atoms with Crippen LogP contribution in [0.3, 0.4) is 0 Å². The molecule has 5 nitrogen and oxygen atoms in total. The van der Waals surface area contributed by atoms with E-state index in [0.717, 1.165) is 44.2 Å². The minimum Gasteiger partial charge on any atom is -0.355 e. The molecule has 178 valence electrons. The third-order valence-electron chi connectivity index (χ3n) is 6.59. The smallest absolute Gasteiger partial charge is 0.355 e. The molecule has 0 spiro atoms. The van der Waals surface area contributed by atoms with Crippen LogP contribution in [0.4, 0.5) is 13.2 Å². The highest BCUT2D eigenvalue weighted by Crippen LogP contribution is 2.32. The molecule has 2 amide bonds.